The molecule has 0 atom stereocenters. The molecule has 5 heteroatoms. The minimum Gasteiger partial charge on any atom is -0.496 e. The summed E-state index contributed by atoms with van der Waals surface area (Å²) in [4.78, 5) is 1.98. The van der Waals surface area contributed by atoms with Crippen LogP contribution in [-0.2, 0) is 13.2 Å². The van der Waals surface area contributed by atoms with E-state index in [1.54, 1.807) is 13.2 Å². The highest BCUT2D eigenvalue weighted by Gasteiger charge is 2.08. The number of rotatable bonds is 5. The van der Waals surface area contributed by atoms with E-state index in [1.165, 1.54) is 0 Å². The van der Waals surface area contributed by atoms with Crippen LogP contribution in [0.5, 0.6) is 5.75 Å². The SMILES string of the molecule is COc1ccccc1CN(C)c1ccc(CO)nn1. The maximum absolute atomic E-state index is 8.94. The number of benzene rings is 1. The summed E-state index contributed by atoms with van der Waals surface area (Å²) < 4.78 is 5.32. The van der Waals surface area contributed by atoms with E-state index in [9.17, 15) is 0 Å². The van der Waals surface area contributed by atoms with Gasteiger partial charge in [-0.1, -0.05) is 18.2 Å². The number of aliphatic hydroxyl groups is 1. The van der Waals surface area contributed by atoms with Crippen molar-refractivity contribution in [2.45, 2.75) is 13.2 Å². The van der Waals surface area contributed by atoms with Crippen LogP contribution in [-0.4, -0.2) is 29.5 Å². The van der Waals surface area contributed by atoms with Crippen molar-refractivity contribution >= 4 is 5.82 Å². The number of aromatic nitrogens is 2. The molecule has 0 radical (unpaired) electrons. The molecule has 19 heavy (non-hydrogen) atoms. The maximum atomic E-state index is 8.94. The summed E-state index contributed by atoms with van der Waals surface area (Å²) in [6, 6.07) is 11.5. The lowest BCUT2D eigenvalue weighted by Gasteiger charge is -2.19. The summed E-state index contributed by atoms with van der Waals surface area (Å²) in [5, 5.41) is 16.9. The van der Waals surface area contributed by atoms with Crippen LogP contribution in [0.25, 0.3) is 0 Å². The van der Waals surface area contributed by atoms with Gasteiger partial charge >= 0.3 is 0 Å². The molecule has 0 amide bonds. The van der Waals surface area contributed by atoms with E-state index in [0.717, 1.165) is 17.1 Å². The third-order valence-corrected chi connectivity index (χ3v) is 2.86. The Kier molecular flexibility index (Phi) is 4.30. The molecule has 2 aromatic rings. The van der Waals surface area contributed by atoms with Crippen LogP contribution >= 0.6 is 0 Å². The molecule has 0 fully saturated rings. The fraction of sp³-hybridized carbons (Fsp3) is 0.286. The van der Waals surface area contributed by atoms with Gasteiger partial charge in [-0.25, -0.2) is 0 Å². The quantitative estimate of drug-likeness (QED) is 0.884. The Balaban J connectivity index is 2.13. The van der Waals surface area contributed by atoms with E-state index in [-0.39, 0.29) is 6.61 Å². The van der Waals surface area contributed by atoms with E-state index in [0.29, 0.717) is 12.2 Å². The zero-order valence-electron chi connectivity index (χ0n) is 11.1. The first-order valence-electron chi connectivity index (χ1n) is 6.01. The van der Waals surface area contributed by atoms with Crippen molar-refractivity contribution in [3.63, 3.8) is 0 Å². The van der Waals surface area contributed by atoms with Gasteiger partial charge in [-0.3, -0.25) is 0 Å². The summed E-state index contributed by atoms with van der Waals surface area (Å²) in [5.74, 6) is 1.61. The van der Waals surface area contributed by atoms with Gasteiger partial charge in [-0.15, -0.1) is 5.10 Å². The number of para-hydroxylation sites is 1. The van der Waals surface area contributed by atoms with Crippen LogP contribution in [0, 0.1) is 0 Å². The van der Waals surface area contributed by atoms with Crippen LogP contribution < -0.4 is 9.64 Å². The monoisotopic (exact) mass is 259 g/mol. The highest BCUT2D eigenvalue weighted by atomic mass is 16.5. The minimum atomic E-state index is -0.0937. The fourth-order valence-electron chi connectivity index (χ4n) is 1.81. The average molecular weight is 259 g/mol. The molecule has 1 aromatic heterocycles. The van der Waals surface area contributed by atoms with Crippen LogP contribution in [0.3, 0.4) is 0 Å². The van der Waals surface area contributed by atoms with Crippen molar-refractivity contribution < 1.29 is 9.84 Å². The van der Waals surface area contributed by atoms with Crippen molar-refractivity contribution in [1.82, 2.24) is 10.2 Å². The lowest BCUT2D eigenvalue weighted by Crippen LogP contribution is -2.18. The molecule has 0 aliphatic heterocycles. The largest absolute Gasteiger partial charge is 0.496 e. The zero-order valence-corrected chi connectivity index (χ0v) is 11.1. The van der Waals surface area contributed by atoms with Crippen molar-refractivity contribution in [2.75, 3.05) is 19.1 Å². The van der Waals surface area contributed by atoms with Gasteiger partial charge in [0.1, 0.15) is 5.75 Å². The van der Waals surface area contributed by atoms with Crippen LogP contribution in [0.4, 0.5) is 5.82 Å². The second-order valence-electron chi connectivity index (χ2n) is 4.21. The van der Waals surface area contributed by atoms with E-state index in [4.69, 9.17) is 9.84 Å². The van der Waals surface area contributed by atoms with E-state index >= 15 is 0 Å². The molecule has 1 heterocycles. The van der Waals surface area contributed by atoms with Gasteiger partial charge in [0.2, 0.25) is 0 Å². The Hall–Kier alpha value is -2.14. The number of hydrogen-bond acceptors (Lipinski definition) is 5. The molecule has 0 unspecified atom stereocenters. The van der Waals surface area contributed by atoms with Gasteiger partial charge in [0, 0.05) is 19.2 Å². The summed E-state index contributed by atoms with van der Waals surface area (Å²) in [6.07, 6.45) is 0. The molecule has 0 aliphatic rings. The molecular weight excluding hydrogens is 242 g/mol. The van der Waals surface area contributed by atoms with E-state index in [1.807, 2.05) is 42.3 Å². The Morgan fingerprint density at radius 3 is 2.58 bits per heavy atom. The first-order valence-corrected chi connectivity index (χ1v) is 6.01. The summed E-state index contributed by atoms with van der Waals surface area (Å²) >= 11 is 0. The molecule has 0 saturated heterocycles. The zero-order chi connectivity index (χ0) is 13.7. The molecule has 0 saturated carbocycles. The summed E-state index contributed by atoms with van der Waals surface area (Å²) in [6.45, 7) is 0.584. The molecule has 1 N–H and O–H groups in total. The molecular formula is C14H17N3O2. The van der Waals surface area contributed by atoms with Crippen molar-refractivity contribution in [2.24, 2.45) is 0 Å². The van der Waals surface area contributed by atoms with Gasteiger partial charge < -0.3 is 14.7 Å². The minimum absolute atomic E-state index is 0.0937. The molecule has 0 bridgehead atoms. The average Bonchev–Trinajstić information content (AvgIpc) is 2.48. The summed E-state index contributed by atoms with van der Waals surface area (Å²) in [7, 11) is 3.60. The standard InChI is InChI=1S/C14H17N3O2/c1-17(14-8-7-12(10-18)15-16-14)9-11-5-3-4-6-13(11)19-2/h3-8,18H,9-10H2,1-2H3. The maximum Gasteiger partial charge on any atom is 0.151 e. The van der Waals surface area contributed by atoms with Gasteiger partial charge in [-0.2, -0.15) is 5.10 Å². The van der Waals surface area contributed by atoms with Gasteiger partial charge in [-0.05, 0) is 18.2 Å². The molecule has 2 rings (SSSR count). The van der Waals surface area contributed by atoms with E-state index < -0.39 is 0 Å². The number of nitrogens with zero attached hydrogens (tertiary/aromatic N) is 3. The second-order valence-corrected chi connectivity index (χ2v) is 4.21. The summed E-state index contributed by atoms with van der Waals surface area (Å²) in [5.41, 5.74) is 1.65. The van der Waals surface area contributed by atoms with Gasteiger partial charge in [0.05, 0.1) is 19.4 Å². The number of ether oxygens (including phenoxy) is 1. The van der Waals surface area contributed by atoms with Crippen molar-refractivity contribution in [3.8, 4) is 5.75 Å². The van der Waals surface area contributed by atoms with Crippen LogP contribution in [0.2, 0.25) is 0 Å². The van der Waals surface area contributed by atoms with Crippen molar-refractivity contribution in [1.29, 1.82) is 0 Å². The van der Waals surface area contributed by atoms with Crippen molar-refractivity contribution in [3.05, 3.63) is 47.7 Å². The third kappa shape index (κ3) is 3.20. The smallest absolute Gasteiger partial charge is 0.151 e. The molecule has 0 aliphatic carbocycles. The van der Waals surface area contributed by atoms with Gasteiger partial charge in [0.25, 0.3) is 0 Å². The van der Waals surface area contributed by atoms with E-state index in [2.05, 4.69) is 10.2 Å². The molecule has 5 nitrogen and oxygen atoms in total. The number of anilines is 1. The fourth-order valence-corrected chi connectivity index (χ4v) is 1.81. The Morgan fingerprint density at radius 1 is 1.16 bits per heavy atom. The number of aliphatic hydroxyl groups excluding tert-OH is 1. The number of methoxy groups -OCH3 is 1. The first-order chi connectivity index (χ1) is 9.24. The normalized spacial score (nSPS) is 10.3. The Morgan fingerprint density at radius 2 is 1.95 bits per heavy atom. The van der Waals surface area contributed by atoms with Crippen LogP contribution in [0.15, 0.2) is 36.4 Å². The second kappa shape index (κ2) is 6.15. The third-order valence-electron chi connectivity index (χ3n) is 2.86. The predicted octanol–water partition coefficient (Wildman–Crippen LogP) is 1.61. The molecule has 0 spiro atoms. The predicted molar refractivity (Wildman–Crippen MR) is 73.1 cm³/mol. The molecule has 1 aromatic carbocycles. The highest BCUT2D eigenvalue weighted by molar-refractivity contribution is 5.41. The first kappa shape index (κ1) is 13.3. The Bertz CT molecular complexity index is 528. The van der Waals surface area contributed by atoms with Gasteiger partial charge in [0.15, 0.2) is 5.82 Å². The Labute approximate surface area is 112 Å². The highest BCUT2D eigenvalue weighted by Crippen LogP contribution is 2.20. The number of hydrogen-bond donors (Lipinski definition) is 1. The lowest BCUT2D eigenvalue weighted by molar-refractivity contribution is 0.275. The molecule has 100 valence electrons. The van der Waals surface area contributed by atoms with Crippen LogP contribution in [0.1, 0.15) is 11.3 Å². The lowest BCUT2D eigenvalue weighted by atomic mass is 10.2. The topological polar surface area (TPSA) is 58.5 Å².